The third-order valence-corrected chi connectivity index (χ3v) is 5.74. The summed E-state index contributed by atoms with van der Waals surface area (Å²) in [6.45, 7) is 7.34. The Hall–Kier alpha value is -3.26. The number of amides is 2. The van der Waals surface area contributed by atoms with Gasteiger partial charge < -0.3 is 14.7 Å². The summed E-state index contributed by atoms with van der Waals surface area (Å²) >= 11 is 0.889. The molecule has 2 aromatic rings. The minimum Gasteiger partial charge on any atom is -0.479 e. The SMILES string of the molecule is CCN(CC)c1ccc(N2C(=O)S/C(=C/c3ccc(OC(C)C(=O)O)cc3)C2=O)cc1. The van der Waals surface area contributed by atoms with Crippen molar-refractivity contribution >= 4 is 46.3 Å². The number of carboxylic acids is 1. The van der Waals surface area contributed by atoms with Crippen LogP contribution in [0, 0.1) is 0 Å². The van der Waals surface area contributed by atoms with E-state index in [2.05, 4.69) is 18.7 Å². The van der Waals surface area contributed by atoms with Gasteiger partial charge in [0.25, 0.3) is 11.1 Å². The van der Waals surface area contributed by atoms with Crippen LogP contribution in [0.15, 0.2) is 53.4 Å². The number of anilines is 2. The third kappa shape index (κ3) is 5.08. The van der Waals surface area contributed by atoms with Crippen molar-refractivity contribution in [3.8, 4) is 5.75 Å². The largest absolute Gasteiger partial charge is 0.479 e. The van der Waals surface area contributed by atoms with Crippen molar-refractivity contribution < 1.29 is 24.2 Å². The van der Waals surface area contributed by atoms with Crippen LogP contribution in [0.25, 0.3) is 6.08 Å². The Bertz CT molecular complexity index is 998. The predicted molar refractivity (Wildman–Crippen MR) is 123 cm³/mol. The zero-order valence-electron chi connectivity index (χ0n) is 17.6. The number of carbonyl (C=O) groups excluding carboxylic acids is 2. The molecule has 0 aliphatic carbocycles. The van der Waals surface area contributed by atoms with Gasteiger partial charge in [0.1, 0.15) is 5.75 Å². The standard InChI is InChI=1S/C23H24N2O5S/c1-4-24(5-2)17-8-10-18(11-9-17)25-21(26)20(31-23(25)29)14-16-6-12-19(13-7-16)30-15(3)22(27)28/h6-15H,4-5H2,1-3H3,(H,27,28)/b20-14+. The molecule has 1 fully saturated rings. The Morgan fingerprint density at radius 3 is 2.26 bits per heavy atom. The number of rotatable bonds is 8. The second kappa shape index (κ2) is 9.70. The van der Waals surface area contributed by atoms with Gasteiger partial charge in [0.2, 0.25) is 0 Å². The summed E-state index contributed by atoms with van der Waals surface area (Å²) < 4.78 is 5.30. The molecule has 1 aliphatic rings. The van der Waals surface area contributed by atoms with Crippen LogP contribution in [-0.2, 0) is 9.59 Å². The lowest BCUT2D eigenvalue weighted by atomic mass is 10.2. The number of carboxylic acid groups (broad SMARTS) is 1. The van der Waals surface area contributed by atoms with E-state index in [4.69, 9.17) is 9.84 Å². The van der Waals surface area contributed by atoms with Crippen molar-refractivity contribution in [3.63, 3.8) is 0 Å². The molecule has 0 spiro atoms. The molecule has 1 saturated heterocycles. The molecule has 2 amide bonds. The highest BCUT2D eigenvalue weighted by Gasteiger charge is 2.36. The van der Waals surface area contributed by atoms with E-state index in [0.29, 0.717) is 21.9 Å². The van der Waals surface area contributed by atoms with Crippen LogP contribution in [0.3, 0.4) is 0 Å². The van der Waals surface area contributed by atoms with Gasteiger partial charge in [-0.2, -0.15) is 0 Å². The van der Waals surface area contributed by atoms with Gasteiger partial charge in [-0.3, -0.25) is 9.59 Å². The maximum atomic E-state index is 12.9. The number of ether oxygens (including phenoxy) is 1. The van der Waals surface area contributed by atoms with Crippen LogP contribution in [-0.4, -0.2) is 41.4 Å². The highest BCUT2D eigenvalue weighted by molar-refractivity contribution is 8.19. The summed E-state index contributed by atoms with van der Waals surface area (Å²) in [4.78, 5) is 39.9. The first-order valence-electron chi connectivity index (χ1n) is 9.96. The van der Waals surface area contributed by atoms with Crippen molar-refractivity contribution in [1.82, 2.24) is 0 Å². The summed E-state index contributed by atoms with van der Waals surface area (Å²) in [5, 5.41) is 8.57. The molecule has 0 radical (unpaired) electrons. The molecular weight excluding hydrogens is 416 g/mol. The number of aliphatic carboxylic acids is 1. The number of nitrogens with zero attached hydrogens (tertiary/aromatic N) is 2. The van der Waals surface area contributed by atoms with Crippen molar-refractivity contribution in [1.29, 1.82) is 0 Å². The topological polar surface area (TPSA) is 87.2 Å². The lowest BCUT2D eigenvalue weighted by Crippen LogP contribution is -2.28. The fourth-order valence-electron chi connectivity index (χ4n) is 3.14. The molecule has 0 aromatic heterocycles. The molecule has 8 heteroatoms. The van der Waals surface area contributed by atoms with Crippen molar-refractivity contribution in [2.75, 3.05) is 22.9 Å². The fourth-order valence-corrected chi connectivity index (χ4v) is 3.98. The Labute approximate surface area is 185 Å². The lowest BCUT2D eigenvalue weighted by molar-refractivity contribution is -0.144. The summed E-state index contributed by atoms with van der Waals surface area (Å²) in [5.74, 6) is -1.01. The number of thioether (sulfide) groups is 1. The van der Waals surface area contributed by atoms with E-state index >= 15 is 0 Å². The first-order chi connectivity index (χ1) is 14.8. The number of hydrogen-bond donors (Lipinski definition) is 1. The zero-order chi connectivity index (χ0) is 22.5. The molecule has 0 saturated carbocycles. The number of carbonyl (C=O) groups is 3. The molecule has 7 nitrogen and oxygen atoms in total. The van der Waals surface area contributed by atoms with Gasteiger partial charge in [-0.25, -0.2) is 9.69 Å². The Kier molecular flexibility index (Phi) is 7.02. The maximum absolute atomic E-state index is 12.9. The van der Waals surface area contributed by atoms with E-state index in [1.807, 2.05) is 12.1 Å². The van der Waals surface area contributed by atoms with Gasteiger partial charge in [-0.1, -0.05) is 12.1 Å². The van der Waals surface area contributed by atoms with Crippen LogP contribution in [0.5, 0.6) is 5.75 Å². The molecule has 31 heavy (non-hydrogen) atoms. The Morgan fingerprint density at radius 2 is 1.71 bits per heavy atom. The Morgan fingerprint density at radius 1 is 1.10 bits per heavy atom. The van der Waals surface area contributed by atoms with Gasteiger partial charge in [0.05, 0.1) is 10.6 Å². The molecule has 1 atom stereocenters. The van der Waals surface area contributed by atoms with Crippen LogP contribution in [0.4, 0.5) is 16.2 Å². The molecule has 1 heterocycles. The molecule has 1 unspecified atom stereocenters. The second-order valence-electron chi connectivity index (χ2n) is 6.87. The molecule has 1 aliphatic heterocycles. The lowest BCUT2D eigenvalue weighted by Gasteiger charge is -2.22. The second-order valence-corrected chi connectivity index (χ2v) is 7.87. The number of benzene rings is 2. The van der Waals surface area contributed by atoms with Crippen LogP contribution in [0.1, 0.15) is 26.3 Å². The third-order valence-electron chi connectivity index (χ3n) is 4.87. The number of hydrogen-bond acceptors (Lipinski definition) is 6. The van der Waals surface area contributed by atoms with Gasteiger partial charge in [-0.15, -0.1) is 0 Å². The smallest absolute Gasteiger partial charge is 0.344 e. The first-order valence-corrected chi connectivity index (χ1v) is 10.8. The van der Waals surface area contributed by atoms with Gasteiger partial charge in [0.15, 0.2) is 6.10 Å². The summed E-state index contributed by atoms with van der Waals surface area (Å²) in [6.07, 6.45) is 0.676. The quantitative estimate of drug-likeness (QED) is 0.599. The van der Waals surface area contributed by atoms with Crippen molar-refractivity contribution in [2.24, 2.45) is 0 Å². The average Bonchev–Trinajstić information content (AvgIpc) is 3.03. The Balaban J connectivity index is 1.75. The van der Waals surface area contributed by atoms with E-state index in [1.54, 1.807) is 42.5 Å². The van der Waals surface area contributed by atoms with Gasteiger partial charge in [0, 0.05) is 18.8 Å². The molecule has 0 bridgehead atoms. The van der Waals surface area contributed by atoms with Crippen LogP contribution < -0.4 is 14.5 Å². The molecule has 1 N–H and O–H groups in total. The minimum absolute atomic E-state index is 0.324. The fraction of sp³-hybridized carbons (Fsp3) is 0.261. The molecule has 3 rings (SSSR count). The van der Waals surface area contributed by atoms with E-state index in [-0.39, 0.29) is 11.1 Å². The van der Waals surface area contributed by atoms with E-state index in [0.717, 1.165) is 30.5 Å². The molecule has 162 valence electrons. The van der Waals surface area contributed by atoms with E-state index < -0.39 is 12.1 Å². The van der Waals surface area contributed by atoms with Crippen LogP contribution in [0.2, 0.25) is 0 Å². The van der Waals surface area contributed by atoms with Crippen molar-refractivity contribution in [2.45, 2.75) is 26.9 Å². The van der Waals surface area contributed by atoms with E-state index in [9.17, 15) is 14.4 Å². The van der Waals surface area contributed by atoms with E-state index in [1.165, 1.54) is 11.8 Å². The summed E-state index contributed by atoms with van der Waals surface area (Å²) in [6, 6.07) is 14.0. The van der Waals surface area contributed by atoms with Gasteiger partial charge in [-0.05, 0) is 80.6 Å². The number of imide groups is 1. The van der Waals surface area contributed by atoms with Crippen molar-refractivity contribution in [3.05, 3.63) is 59.0 Å². The predicted octanol–water partition coefficient (Wildman–Crippen LogP) is 4.63. The van der Waals surface area contributed by atoms with Gasteiger partial charge >= 0.3 is 5.97 Å². The normalized spacial score (nSPS) is 16.0. The summed E-state index contributed by atoms with van der Waals surface area (Å²) in [5.41, 5.74) is 2.28. The molecule has 2 aromatic carbocycles. The summed E-state index contributed by atoms with van der Waals surface area (Å²) in [7, 11) is 0. The molecular formula is C23H24N2O5S. The average molecular weight is 441 g/mol. The first kappa shape index (κ1) is 22.4. The monoisotopic (exact) mass is 440 g/mol. The highest BCUT2D eigenvalue weighted by atomic mass is 32.2. The zero-order valence-corrected chi connectivity index (χ0v) is 18.4. The highest BCUT2D eigenvalue weighted by Crippen LogP contribution is 2.36. The maximum Gasteiger partial charge on any atom is 0.344 e. The minimum atomic E-state index is -1.05. The van der Waals surface area contributed by atoms with Crippen LogP contribution >= 0.6 is 11.8 Å².